The number of hydrogen-bond donors (Lipinski definition) is 1. The third-order valence-electron chi connectivity index (χ3n) is 5.12. The van der Waals surface area contributed by atoms with E-state index in [4.69, 9.17) is 0 Å². The Hall–Kier alpha value is -1.26. The van der Waals surface area contributed by atoms with Crippen LogP contribution in [0, 0.1) is 0 Å². The maximum absolute atomic E-state index is 9.97. The summed E-state index contributed by atoms with van der Waals surface area (Å²) in [6.45, 7) is 4.32. The van der Waals surface area contributed by atoms with Gasteiger partial charge in [0.2, 0.25) is 0 Å². The minimum Gasteiger partial charge on any atom is -0.508 e. The third kappa shape index (κ3) is 3.40. The molecule has 4 rings (SSSR count). The Morgan fingerprint density at radius 2 is 1.67 bits per heavy atom. The predicted molar refractivity (Wildman–Crippen MR) is 103 cm³/mol. The second-order valence-corrected chi connectivity index (χ2v) is 6.55. The first-order chi connectivity index (χ1) is 10.7. The van der Waals surface area contributed by atoms with Crippen LogP contribution in [0.15, 0.2) is 48.5 Å². The van der Waals surface area contributed by atoms with E-state index in [0.29, 0.717) is 17.7 Å². The molecule has 0 aliphatic carbocycles. The highest BCUT2D eigenvalue weighted by Crippen LogP contribution is 2.41. The molecule has 130 valence electrons. The number of benzene rings is 2. The van der Waals surface area contributed by atoms with Crippen LogP contribution in [-0.2, 0) is 0 Å². The lowest BCUT2D eigenvalue weighted by Crippen LogP contribution is -2.50. The average molecular weight is 367 g/mol. The molecule has 2 aliphatic heterocycles. The highest BCUT2D eigenvalue weighted by molar-refractivity contribution is 5.85. The SMILES string of the molecule is CN1CCN2C[C@@H](c3ccccc3)c3ccc(O)cc3[C@H]2C1.Cl.Cl. The summed E-state index contributed by atoms with van der Waals surface area (Å²) in [5.74, 6) is 0.775. The Bertz CT molecular complexity index is 680. The molecule has 0 unspecified atom stereocenters. The average Bonchev–Trinajstić information content (AvgIpc) is 2.55. The Balaban J connectivity index is 0.00000104. The summed E-state index contributed by atoms with van der Waals surface area (Å²) in [4.78, 5) is 4.97. The monoisotopic (exact) mass is 366 g/mol. The van der Waals surface area contributed by atoms with Crippen molar-refractivity contribution in [3.05, 3.63) is 65.2 Å². The van der Waals surface area contributed by atoms with Crippen molar-refractivity contribution < 1.29 is 5.11 Å². The smallest absolute Gasteiger partial charge is 0.115 e. The number of piperazine rings is 1. The van der Waals surface area contributed by atoms with Crippen LogP contribution in [0.1, 0.15) is 28.7 Å². The summed E-state index contributed by atoms with van der Waals surface area (Å²) >= 11 is 0. The van der Waals surface area contributed by atoms with Crippen molar-refractivity contribution in [3.63, 3.8) is 0 Å². The van der Waals surface area contributed by atoms with E-state index in [0.717, 1.165) is 26.2 Å². The molecule has 1 N–H and O–H groups in total. The number of nitrogens with zero attached hydrogens (tertiary/aromatic N) is 2. The third-order valence-corrected chi connectivity index (χ3v) is 5.12. The number of phenols is 1. The number of phenolic OH excluding ortho intramolecular Hbond substituents is 1. The van der Waals surface area contributed by atoms with Gasteiger partial charge in [-0.25, -0.2) is 0 Å². The van der Waals surface area contributed by atoms with Gasteiger partial charge in [0.25, 0.3) is 0 Å². The number of halogens is 2. The lowest BCUT2D eigenvalue weighted by molar-refractivity contribution is 0.0771. The van der Waals surface area contributed by atoms with Crippen LogP contribution in [0.25, 0.3) is 0 Å². The minimum atomic E-state index is 0. The molecule has 1 saturated heterocycles. The first-order valence-electron chi connectivity index (χ1n) is 8.03. The first kappa shape index (κ1) is 19.1. The molecule has 0 aromatic heterocycles. The van der Waals surface area contributed by atoms with Crippen molar-refractivity contribution in [1.82, 2.24) is 9.80 Å². The van der Waals surface area contributed by atoms with Gasteiger partial charge in [0.15, 0.2) is 0 Å². The molecule has 0 bridgehead atoms. The normalized spacial score (nSPS) is 23.4. The maximum atomic E-state index is 9.97. The predicted octanol–water partition coefficient (Wildman–Crippen LogP) is 3.67. The fourth-order valence-electron chi connectivity index (χ4n) is 3.94. The summed E-state index contributed by atoms with van der Waals surface area (Å²) in [7, 11) is 2.18. The van der Waals surface area contributed by atoms with Crippen molar-refractivity contribution in [3.8, 4) is 5.75 Å². The largest absolute Gasteiger partial charge is 0.508 e. The molecule has 2 aromatic carbocycles. The molecule has 0 saturated carbocycles. The van der Waals surface area contributed by atoms with Gasteiger partial charge in [-0.3, -0.25) is 4.90 Å². The topological polar surface area (TPSA) is 26.7 Å². The lowest BCUT2D eigenvalue weighted by Gasteiger charge is -2.46. The second kappa shape index (κ2) is 7.75. The number of hydrogen-bond acceptors (Lipinski definition) is 3. The van der Waals surface area contributed by atoms with Crippen LogP contribution in [-0.4, -0.2) is 48.1 Å². The van der Waals surface area contributed by atoms with Gasteiger partial charge in [-0.15, -0.1) is 24.8 Å². The molecule has 24 heavy (non-hydrogen) atoms. The van der Waals surface area contributed by atoms with Gasteiger partial charge in [-0.2, -0.15) is 0 Å². The Labute approximate surface area is 156 Å². The number of likely N-dealkylation sites (N-methyl/N-ethyl adjacent to an activating group) is 1. The van der Waals surface area contributed by atoms with E-state index in [-0.39, 0.29) is 24.8 Å². The number of rotatable bonds is 1. The second-order valence-electron chi connectivity index (χ2n) is 6.55. The van der Waals surface area contributed by atoms with E-state index >= 15 is 0 Å². The van der Waals surface area contributed by atoms with Crippen LogP contribution in [0.2, 0.25) is 0 Å². The Morgan fingerprint density at radius 3 is 2.42 bits per heavy atom. The van der Waals surface area contributed by atoms with E-state index < -0.39 is 0 Å². The van der Waals surface area contributed by atoms with Crippen molar-refractivity contribution in [2.24, 2.45) is 0 Å². The van der Waals surface area contributed by atoms with Crippen LogP contribution >= 0.6 is 24.8 Å². The zero-order valence-electron chi connectivity index (χ0n) is 13.8. The molecule has 0 amide bonds. The maximum Gasteiger partial charge on any atom is 0.115 e. The first-order valence-corrected chi connectivity index (χ1v) is 8.03. The van der Waals surface area contributed by atoms with Gasteiger partial charge < -0.3 is 10.0 Å². The van der Waals surface area contributed by atoms with Gasteiger partial charge in [0, 0.05) is 38.1 Å². The fraction of sp³-hybridized carbons (Fsp3) is 0.368. The molecule has 2 atom stereocenters. The fourth-order valence-corrected chi connectivity index (χ4v) is 3.94. The van der Waals surface area contributed by atoms with Crippen LogP contribution in [0.5, 0.6) is 5.75 Å². The highest BCUT2D eigenvalue weighted by Gasteiger charge is 2.36. The Morgan fingerprint density at radius 1 is 0.917 bits per heavy atom. The summed E-state index contributed by atoms with van der Waals surface area (Å²) in [5, 5.41) is 9.97. The number of fused-ring (bicyclic) bond motifs is 3. The molecule has 0 radical (unpaired) electrons. The van der Waals surface area contributed by atoms with Gasteiger partial charge in [-0.1, -0.05) is 36.4 Å². The van der Waals surface area contributed by atoms with Crippen molar-refractivity contribution in [2.75, 3.05) is 33.2 Å². The van der Waals surface area contributed by atoms with Gasteiger partial charge in [0.05, 0.1) is 0 Å². The van der Waals surface area contributed by atoms with E-state index in [9.17, 15) is 5.11 Å². The summed E-state index contributed by atoms with van der Waals surface area (Å²) in [5.41, 5.74) is 4.04. The zero-order chi connectivity index (χ0) is 15.1. The van der Waals surface area contributed by atoms with Gasteiger partial charge in [0.1, 0.15) is 5.75 Å². The van der Waals surface area contributed by atoms with Crippen molar-refractivity contribution >= 4 is 24.8 Å². The molecule has 2 heterocycles. The van der Waals surface area contributed by atoms with Gasteiger partial charge in [-0.05, 0) is 35.9 Å². The molecule has 2 aromatic rings. The summed E-state index contributed by atoms with van der Waals surface area (Å²) < 4.78 is 0. The van der Waals surface area contributed by atoms with Crippen LogP contribution in [0.3, 0.4) is 0 Å². The molecule has 0 spiro atoms. The molecule has 2 aliphatic rings. The molecule has 5 heteroatoms. The molecule has 1 fully saturated rings. The quantitative estimate of drug-likeness (QED) is 0.833. The van der Waals surface area contributed by atoms with Crippen molar-refractivity contribution in [1.29, 1.82) is 0 Å². The van der Waals surface area contributed by atoms with E-state index in [1.54, 1.807) is 0 Å². The van der Waals surface area contributed by atoms with Crippen LogP contribution in [0.4, 0.5) is 0 Å². The summed E-state index contributed by atoms with van der Waals surface area (Å²) in [6.07, 6.45) is 0. The van der Waals surface area contributed by atoms with E-state index in [1.807, 2.05) is 12.1 Å². The minimum absolute atomic E-state index is 0. The molecular weight excluding hydrogens is 343 g/mol. The van der Waals surface area contributed by atoms with Crippen LogP contribution < -0.4 is 0 Å². The lowest BCUT2D eigenvalue weighted by atomic mass is 9.80. The van der Waals surface area contributed by atoms with Crippen molar-refractivity contribution in [2.45, 2.75) is 12.0 Å². The summed E-state index contributed by atoms with van der Waals surface area (Å²) in [6, 6.07) is 17.1. The number of aromatic hydroxyl groups is 1. The van der Waals surface area contributed by atoms with E-state index in [1.165, 1.54) is 16.7 Å². The zero-order valence-corrected chi connectivity index (χ0v) is 15.4. The van der Waals surface area contributed by atoms with Gasteiger partial charge >= 0.3 is 0 Å². The molecular formula is C19H24Cl2N2O. The van der Waals surface area contributed by atoms with E-state index in [2.05, 4.69) is 53.2 Å². The molecule has 3 nitrogen and oxygen atoms in total. The Kier molecular flexibility index (Phi) is 6.16. The standard InChI is InChI=1S/C19H22N2O.2ClH/c1-20-9-10-21-12-18(14-5-3-2-4-6-14)16-8-7-15(22)11-17(16)19(21)13-20;;/h2-8,11,18-19,22H,9-10,12-13H2,1H3;2*1H/t18-,19+;;/m0../s1. The highest BCUT2D eigenvalue weighted by atomic mass is 35.5.